The summed E-state index contributed by atoms with van der Waals surface area (Å²) in [7, 11) is 1.30. The van der Waals surface area contributed by atoms with E-state index in [-0.39, 0.29) is 33.1 Å². The lowest BCUT2D eigenvalue weighted by molar-refractivity contribution is -0.141. The first-order chi connectivity index (χ1) is 15.0. The molecule has 0 bridgehead atoms. The summed E-state index contributed by atoms with van der Waals surface area (Å²) in [5.41, 5.74) is -0.775. The lowest BCUT2D eigenvalue weighted by Gasteiger charge is -2.22. The van der Waals surface area contributed by atoms with Crippen LogP contribution in [-0.2, 0) is 20.6 Å². The molecule has 8 nitrogen and oxygen atoms in total. The highest BCUT2D eigenvalue weighted by atomic mass is 35.5. The molecule has 0 unspecified atom stereocenters. The molecule has 0 saturated carbocycles. The Hall–Kier alpha value is -3.38. The number of rotatable bonds is 5. The molecule has 0 aromatic heterocycles. The van der Waals surface area contributed by atoms with Gasteiger partial charge in [-0.1, -0.05) is 11.6 Å². The number of benzene rings is 2. The number of thiocarbonyl (C=S) groups is 1. The molecule has 0 atom stereocenters. The Kier molecular flexibility index (Phi) is 6.55. The normalized spacial score (nSPS) is 14.5. The van der Waals surface area contributed by atoms with Gasteiger partial charge in [0.1, 0.15) is 5.75 Å². The van der Waals surface area contributed by atoms with Gasteiger partial charge in [0.25, 0.3) is 0 Å². The van der Waals surface area contributed by atoms with E-state index in [9.17, 15) is 27.6 Å². The lowest BCUT2D eigenvalue weighted by Crippen LogP contribution is -2.58. The monoisotopic (exact) mass is 487 g/mol. The van der Waals surface area contributed by atoms with Gasteiger partial charge in [-0.05, 0) is 42.5 Å². The van der Waals surface area contributed by atoms with E-state index in [1.807, 2.05) is 0 Å². The Balaban J connectivity index is 1.78. The maximum atomic E-state index is 12.8. The van der Waals surface area contributed by atoms with E-state index in [2.05, 4.69) is 28.2 Å². The molecule has 2 aromatic carbocycles. The number of alkyl halides is 3. The van der Waals surface area contributed by atoms with Gasteiger partial charge in [-0.25, -0.2) is 0 Å². The van der Waals surface area contributed by atoms with Gasteiger partial charge >= 0.3 is 6.18 Å². The molecule has 168 valence electrons. The Morgan fingerprint density at radius 2 is 1.69 bits per heavy atom. The molecule has 2 aromatic rings. The van der Waals surface area contributed by atoms with E-state index < -0.39 is 35.4 Å². The standard InChI is InChI=1S/C19H13ClF3N3O5S/c1-30-13-7-9(24-15(27)14-16(28)25-18(32)26-17(14)29)3-5-12(13)31-11-4-2-8(6-10(11)20)19(21,22)23/h2-7,14H,1H3,(H,24,27)(H2,25,26,28,29,32). The number of anilines is 1. The minimum absolute atomic E-state index is 0.0544. The molecule has 0 aliphatic carbocycles. The highest BCUT2D eigenvalue weighted by molar-refractivity contribution is 7.80. The van der Waals surface area contributed by atoms with Gasteiger partial charge in [0.05, 0.1) is 17.7 Å². The molecule has 13 heteroatoms. The van der Waals surface area contributed by atoms with Gasteiger partial charge in [0, 0.05) is 11.8 Å². The Bertz CT molecular complexity index is 1110. The van der Waals surface area contributed by atoms with Crippen molar-refractivity contribution in [2.75, 3.05) is 12.4 Å². The predicted octanol–water partition coefficient (Wildman–Crippen LogP) is 3.25. The van der Waals surface area contributed by atoms with Crippen LogP contribution in [0.1, 0.15) is 5.56 Å². The first-order valence-corrected chi connectivity index (χ1v) is 9.47. The SMILES string of the molecule is COc1cc(NC(=O)C2C(=O)NC(=S)NC2=O)ccc1Oc1ccc(C(F)(F)F)cc1Cl. The molecular formula is C19H13ClF3N3O5S. The van der Waals surface area contributed by atoms with Crippen LogP contribution in [0.15, 0.2) is 36.4 Å². The van der Waals surface area contributed by atoms with Crippen LogP contribution in [-0.4, -0.2) is 29.9 Å². The second kappa shape index (κ2) is 9.01. The van der Waals surface area contributed by atoms with Crippen LogP contribution in [0.5, 0.6) is 17.2 Å². The fourth-order valence-corrected chi connectivity index (χ4v) is 3.10. The number of methoxy groups -OCH3 is 1. The van der Waals surface area contributed by atoms with Gasteiger partial charge in [-0.2, -0.15) is 13.2 Å². The van der Waals surface area contributed by atoms with E-state index in [1.165, 1.54) is 25.3 Å². The molecule has 3 N–H and O–H groups in total. The molecule has 0 radical (unpaired) electrons. The first-order valence-electron chi connectivity index (χ1n) is 8.69. The minimum atomic E-state index is -4.56. The summed E-state index contributed by atoms with van der Waals surface area (Å²) in [5.74, 6) is -4.19. The molecule has 3 rings (SSSR count). The Morgan fingerprint density at radius 1 is 1.06 bits per heavy atom. The molecular weight excluding hydrogens is 475 g/mol. The third-order valence-electron chi connectivity index (χ3n) is 4.17. The van der Waals surface area contributed by atoms with Crippen LogP contribution >= 0.6 is 23.8 Å². The van der Waals surface area contributed by atoms with Crippen molar-refractivity contribution in [2.45, 2.75) is 6.18 Å². The van der Waals surface area contributed by atoms with E-state index >= 15 is 0 Å². The summed E-state index contributed by atoms with van der Waals surface area (Å²) in [4.78, 5) is 36.2. The Labute approximate surface area is 189 Å². The number of carbonyl (C=O) groups is 3. The zero-order valence-electron chi connectivity index (χ0n) is 16.0. The third-order valence-corrected chi connectivity index (χ3v) is 4.67. The van der Waals surface area contributed by atoms with Crippen LogP contribution in [0.3, 0.4) is 0 Å². The number of halogens is 4. The largest absolute Gasteiger partial charge is 0.493 e. The van der Waals surface area contributed by atoms with Crippen LogP contribution in [0.25, 0.3) is 0 Å². The molecule has 32 heavy (non-hydrogen) atoms. The van der Waals surface area contributed by atoms with Gasteiger partial charge in [0.15, 0.2) is 22.5 Å². The zero-order valence-corrected chi connectivity index (χ0v) is 17.6. The third kappa shape index (κ3) is 5.08. The van der Waals surface area contributed by atoms with Gasteiger partial charge in [0.2, 0.25) is 17.7 Å². The van der Waals surface area contributed by atoms with Crippen LogP contribution in [0.2, 0.25) is 5.02 Å². The number of hydrogen-bond acceptors (Lipinski definition) is 6. The van der Waals surface area contributed by atoms with Crippen molar-refractivity contribution in [2.24, 2.45) is 5.92 Å². The van der Waals surface area contributed by atoms with Crippen molar-refractivity contribution >= 4 is 52.3 Å². The van der Waals surface area contributed by atoms with Crippen molar-refractivity contribution in [3.63, 3.8) is 0 Å². The molecule has 1 aliphatic rings. The molecule has 1 saturated heterocycles. The molecule has 1 fully saturated rings. The summed E-state index contributed by atoms with van der Waals surface area (Å²) < 4.78 is 49.1. The highest BCUT2D eigenvalue weighted by Gasteiger charge is 2.38. The molecule has 3 amide bonds. The van der Waals surface area contributed by atoms with Crippen molar-refractivity contribution in [3.05, 3.63) is 47.0 Å². The molecule has 1 heterocycles. The second-order valence-electron chi connectivity index (χ2n) is 6.34. The maximum absolute atomic E-state index is 12.8. The summed E-state index contributed by atoms with van der Waals surface area (Å²) >= 11 is 10.6. The van der Waals surface area contributed by atoms with Gasteiger partial charge in [-0.15, -0.1) is 0 Å². The van der Waals surface area contributed by atoms with Crippen molar-refractivity contribution in [1.29, 1.82) is 0 Å². The number of carbonyl (C=O) groups excluding carboxylic acids is 3. The topological polar surface area (TPSA) is 106 Å². The molecule has 0 spiro atoms. The fourth-order valence-electron chi connectivity index (χ4n) is 2.68. The van der Waals surface area contributed by atoms with Crippen molar-refractivity contribution in [3.8, 4) is 17.2 Å². The van der Waals surface area contributed by atoms with Crippen molar-refractivity contribution in [1.82, 2.24) is 10.6 Å². The van der Waals surface area contributed by atoms with Crippen molar-refractivity contribution < 1.29 is 37.0 Å². The average molecular weight is 488 g/mol. The van der Waals surface area contributed by atoms with Gasteiger partial charge in [-0.3, -0.25) is 14.4 Å². The van der Waals surface area contributed by atoms with E-state index in [0.717, 1.165) is 18.2 Å². The number of ether oxygens (including phenoxy) is 2. The van der Waals surface area contributed by atoms with Gasteiger partial charge < -0.3 is 25.4 Å². The minimum Gasteiger partial charge on any atom is -0.493 e. The summed E-state index contributed by atoms with van der Waals surface area (Å²) in [6, 6.07) is 6.66. The second-order valence-corrected chi connectivity index (χ2v) is 7.16. The fraction of sp³-hybridized carbons (Fsp3) is 0.158. The number of hydrogen-bond donors (Lipinski definition) is 3. The number of amides is 3. The maximum Gasteiger partial charge on any atom is 0.416 e. The van der Waals surface area contributed by atoms with Crippen LogP contribution < -0.4 is 25.4 Å². The smallest absolute Gasteiger partial charge is 0.416 e. The summed E-state index contributed by atoms with van der Waals surface area (Å²) in [5, 5.41) is 6.28. The first kappa shape index (κ1) is 23.3. The quantitative estimate of drug-likeness (QED) is 0.442. The predicted molar refractivity (Wildman–Crippen MR) is 111 cm³/mol. The van der Waals surface area contributed by atoms with E-state index in [4.69, 9.17) is 21.1 Å². The van der Waals surface area contributed by atoms with Crippen LogP contribution in [0.4, 0.5) is 18.9 Å². The Morgan fingerprint density at radius 3 is 2.25 bits per heavy atom. The lowest BCUT2D eigenvalue weighted by atomic mass is 10.1. The van der Waals surface area contributed by atoms with E-state index in [0.29, 0.717) is 0 Å². The zero-order chi connectivity index (χ0) is 23.6. The average Bonchev–Trinajstić information content (AvgIpc) is 2.68. The highest BCUT2D eigenvalue weighted by Crippen LogP contribution is 2.39. The molecule has 1 aliphatic heterocycles. The number of nitrogens with one attached hydrogen (secondary N) is 3. The van der Waals surface area contributed by atoms with Crippen LogP contribution in [0, 0.1) is 5.92 Å². The summed E-state index contributed by atoms with van der Waals surface area (Å²) in [6.07, 6.45) is -4.56. The summed E-state index contributed by atoms with van der Waals surface area (Å²) in [6.45, 7) is 0. The van der Waals surface area contributed by atoms with E-state index in [1.54, 1.807) is 0 Å².